The number of amides is 1. The number of ether oxygens (including phenoxy) is 1. The van der Waals surface area contributed by atoms with Gasteiger partial charge in [0, 0.05) is 34.8 Å². The van der Waals surface area contributed by atoms with Crippen LogP contribution in [0.15, 0.2) is 88.9 Å². The summed E-state index contributed by atoms with van der Waals surface area (Å²) in [5.41, 5.74) is 3.36. The highest BCUT2D eigenvalue weighted by Gasteiger charge is 2.32. The Labute approximate surface area is 218 Å². The summed E-state index contributed by atoms with van der Waals surface area (Å²) in [6.07, 6.45) is 3.81. The Kier molecular flexibility index (Phi) is 6.92. The molecule has 6 nitrogen and oxygen atoms in total. The second-order valence-corrected chi connectivity index (χ2v) is 9.43. The largest absolute Gasteiger partial charge is 0.465 e. The molecule has 1 saturated heterocycles. The van der Waals surface area contributed by atoms with Crippen molar-refractivity contribution in [1.82, 2.24) is 9.47 Å². The number of aliphatic imine (C=N–C) groups is 1. The number of nitrogens with zero attached hydrogens (tertiary/aromatic N) is 3. The minimum atomic E-state index is -0.447. The summed E-state index contributed by atoms with van der Waals surface area (Å²) in [5.74, 6) is -0.837. The average Bonchev–Trinajstić information content (AvgIpc) is 3.41. The van der Waals surface area contributed by atoms with Crippen LogP contribution < -0.4 is 0 Å². The third kappa shape index (κ3) is 4.93. The molecule has 2 heterocycles. The molecule has 1 aliphatic rings. The van der Waals surface area contributed by atoms with Crippen LogP contribution >= 0.6 is 11.8 Å². The van der Waals surface area contributed by atoms with E-state index in [0.29, 0.717) is 40.0 Å². The highest BCUT2D eigenvalue weighted by atomic mass is 32.2. The smallest absolute Gasteiger partial charge is 0.337 e. The molecule has 4 aromatic rings. The number of fused-ring (bicyclic) bond motifs is 1. The summed E-state index contributed by atoms with van der Waals surface area (Å²) in [4.78, 5) is 32.0. The lowest BCUT2D eigenvalue weighted by molar-refractivity contribution is -0.122. The molecule has 0 aliphatic carbocycles. The molecule has 0 N–H and O–H groups in total. The van der Waals surface area contributed by atoms with E-state index in [0.717, 1.165) is 16.5 Å². The number of carbonyl (C=O) groups excluding carboxylic acids is 2. The van der Waals surface area contributed by atoms with Crippen LogP contribution in [0.4, 0.5) is 10.1 Å². The van der Waals surface area contributed by atoms with Gasteiger partial charge in [-0.3, -0.25) is 9.69 Å². The predicted octanol–water partition coefficient (Wildman–Crippen LogP) is 6.24. The standard InChI is InChI=1S/C29H24FN3O3S/c1-3-33-27(34)26(37-29(33)31-22-11-8-10-19(15-22)28(35)36-2)16-21-18-32(25-14-7-5-12-23(21)25)17-20-9-4-6-13-24(20)30/h4-16,18H,3,17H2,1-2H3. The Morgan fingerprint density at radius 3 is 2.65 bits per heavy atom. The Morgan fingerprint density at radius 1 is 1.08 bits per heavy atom. The van der Waals surface area contributed by atoms with E-state index < -0.39 is 5.97 Å². The molecule has 1 aromatic heterocycles. The first-order valence-corrected chi connectivity index (χ1v) is 12.6. The lowest BCUT2D eigenvalue weighted by Gasteiger charge is -2.12. The van der Waals surface area contributed by atoms with E-state index in [-0.39, 0.29) is 11.7 Å². The maximum atomic E-state index is 14.3. The van der Waals surface area contributed by atoms with Gasteiger partial charge in [-0.15, -0.1) is 0 Å². The summed E-state index contributed by atoms with van der Waals surface area (Å²) >= 11 is 1.29. The molecule has 186 valence electrons. The van der Waals surface area contributed by atoms with Gasteiger partial charge < -0.3 is 9.30 Å². The minimum absolute atomic E-state index is 0.138. The number of esters is 1. The second-order valence-electron chi connectivity index (χ2n) is 8.42. The number of methoxy groups -OCH3 is 1. The molecular weight excluding hydrogens is 489 g/mol. The fourth-order valence-corrected chi connectivity index (χ4v) is 5.33. The lowest BCUT2D eigenvalue weighted by atomic mass is 10.1. The number of amidine groups is 1. The van der Waals surface area contributed by atoms with Crippen molar-refractivity contribution in [3.05, 3.63) is 106 Å². The summed E-state index contributed by atoms with van der Waals surface area (Å²) < 4.78 is 21.1. The zero-order chi connectivity index (χ0) is 25.9. The summed E-state index contributed by atoms with van der Waals surface area (Å²) in [5, 5.41) is 1.51. The van der Waals surface area contributed by atoms with Crippen LogP contribution in [0, 0.1) is 5.82 Å². The molecule has 8 heteroatoms. The number of likely N-dealkylation sites (N-methyl/N-ethyl adjacent to an activating group) is 1. The molecule has 1 amide bonds. The van der Waals surface area contributed by atoms with Gasteiger partial charge in [-0.05, 0) is 55.1 Å². The summed E-state index contributed by atoms with van der Waals surface area (Å²) in [6, 6.07) is 21.4. The Bertz CT molecular complexity index is 1570. The first kappa shape index (κ1) is 24.5. The number of benzene rings is 3. The normalized spacial score (nSPS) is 15.8. The number of thioether (sulfide) groups is 1. The van der Waals surface area contributed by atoms with Crippen LogP contribution in [-0.2, 0) is 16.1 Å². The van der Waals surface area contributed by atoms with Gasteiger partial charge in [0.05, 0.1) is 29.8 Å². The van der Waals surface area contributed by atoms with Gasteiger partial charge in [-0.2, -0.15) is 0 Å². The van der Waals surface area contributed by atoms with Crippen molar-refractivity contribution in [3.8, 4) is 0 Å². The van der Waals surface area contributed by atoms with Crippen LogP contribution in [0.3, 0.4) is 0 Å². The van der Waals surface area contributed by atoms with Gasteiger partial charge in [0.15, 0.2) is 5.17 Å². The number of carbonyl (C=O) groups is 2. The van der Waals surface area contributed by atoms with E-state index in [4.69, 9.17) is 4.74 Å². The lowest BCUT2D eigenvalue weighted by Crippen LogP contribution is -2.28. The van der Waals surface area contributed by atoms with Crippen LogP contribution in [-0.4, -0.2) is 40.2 Å². The van der Waals surface area contributed by atoms with E-state index >= 15 is 0 Å². The van der Waals surface area contributed by atoms with Gasteiger partial charge >= 0.3 is 5.97 Å². The molecule has 0 saturated carbocycles. The van der Waals surface area contributed by atoms with Gasteiger partial charge in [-0.25, -0.2) is 14.2 Å². The van der Waals surface area contributed by atoms with E-state index in [1.807, 2.05) is 54.1 Å². The molecule has 0 radical (unpaired) electrons. The first-order chi connectivity index (χ1) is 18.0. The number of para-hydroxylation sites is 1. The van der Waals surface area contributed by atoms with Crippen molar-refractivity contribution < 1.29 is 18.7 Å². The Balaban J connectivity index is 1.50. The zero-order valence-electron chi connectivity index (χ0n) is 20.3. The van der Waals surface area contributed by atoms with Crippen LogP contribution in [0.2, 0.25) is 0 Å². The highest BCUT2D eigenvalue weighted by Crippen LogP contribution is 2.36. The third-order valence-corrected chi connectivity index (χ3v) is 7.11. The molecular formula is C29H24FN3O3S. The number of aromatic nitrogens is 1. The van der Waals surface area contributed by atoms with Crippen LogP contribution in [0.1, 0.15) is 28.4 Å². The number of hydrogen-bond acceptors (Lipinski definition) is 5. The number of halogens is 1. The van der Waals surface area contributed by atoms with Crippen molar-refractivity contribution in [1.29, 1.82) is 0 Å². The van der Waals surface area contributed by atoms with E-state index in [2.05, 4.69) is 4.99 Å². The Morgan fingerprint density at radius 2 is 1.86 bits per heavy atom. The van der Waals surface area contributed by atoms with Gasteiger partial charge in [0.25, 0.3) is 5.91 Å². The van der Waals surface area contributed by atoms with Crippen molar-refractivity contribution in [3.63, 3.8) is 0 Å². The average molecular weight is 514 g/mol. The molecule has 0 atom stereocenters. The molecule has 1 aliphatic heterocycles. The fraction of sp³-hybridized carbons (Fsp3) is 0.138. The third-order valence-electron chi connectivity index (χ3n) is 6.10. The zero-order valence-corrected chi connectivity index (χ0v) is 21.2. The van der Waals surface area contributed by atoms with Crippen molar-refractivity contribution in [2.24, 2.45) is 4.99 Å². The van der Waals surface area contributed by atoms with Crippen molar-refractivity contribution in [2.45, 2.75) is 13.5 Å². The quantitative estimate of drug-likeness (QED) is 0.226. The van der Waals surface area contributed by atoms with Crippen LogP contribution in [0.5, 0.6) is 0 Å². The SMILES string of the molecule is CCN1C(=O)C(=Cc2cn(Cc3ccccc3F)c3ccccc23)SC1=Nc1cccc(C(=O)OC)c1. The minimum Gasteiger partial charge on any atom is -0.465 e. The van der Waals surface area contributed by atoms with Crippen molar-refractivity contribution >= 4 is 51.5 Å². The maximum Gasteiger partial charge on any atom is 0.337 e. The fourth-order valence-electron chi connectivity index (χ4n) is 4.27. The molecule has 0 unspecified atom stereocenters. The van der Waals surface area contributed by atoms with Gasteiger partial charge in [-0.1, -0.05) is 42.5 Å². The monoisotopic (exact) mass is 513 g/mol. The molecule has 1 fully saturated rings. The molecule has 0 spiro atoms. The van der Waals surface area contributed by atoms with Crippen LogP contribution in [0.25, 0.3) is 17.0 Å². The van der Waals surface area contributed by atoms with E-state index in [1.165, 1.54) is 24.9 Å². The molecule has 0 bridgehead atoms. The number of hydrogen-bond donors (Lipinski definition) is 0. The predicted molar refractivity (Wildman–Crippen MR) is 145 cm³/mol. The maximum absolute atomic E-state index is 14.3. The topological polar surface area (TPSA) is 63.9 Å². The number of rotatable bonds is 6. The Hall–Kier alpha value is -4.17. The first-order valence-electron chi connectivity index (χ1n) is 11.8. The summed E-state index contributed by atoms with van der Waals surface area (Å²) in [6.45, 7) is 2.72. The second kappa shape index (κ2) is 10.4. The van der Waals surface area contributed by atoms with E-state index in [1.54, 1.807) is 41.3 Å². The van der Waals surface area contributed by atoms with Gasteiger partial charge in [0.1, 0.15) is 5.82 Å². The van der Waals surface area contributed by atoms with E-state index in [9.17, 15) is 14.0 Å². The molecule has 37 heavy (non-hydrogen) atoms. The van der Waals surface area contributed by atoms with Gasteiger partial charge in [0.2, 0.25) is 0 Å². The molecule has 3 aromatic carbocycles. The molecule has 5 rings (SSSR count). The highest BCUT2D eigenvalue weighted by molar-refractivity contribution is 8.18. The summed E-state index contributed by atoms with van der Waals surface area (Å²) in [7, 11) is 1.33. The van der Waals surface area contributed by atoms with Crippen molar-refractivity contribution in [2.75, 3.05) is 13.7 Å².